The zero-order chi connectivity index (χ0) is 24.0. The maximum atomic E-state index is 12.5. The first-order valence-corrected chi connectivity index (χ1v) is 12.9. The van der Waals surface area contributed by atoms with E-state index >= 15 is 0 Å². The van der Waals surface area contributed by atoms with E-state index < -0.39 is 0 Å². The van der Waals surface area contributed by atoms with Crippen molar-refractivity contribution >= 4 is 44.9 Å². The average molecular weight is 503 g/mol. The van der Waals surface area contributed by atoms with E-state index in [2.05, 4.69) is 37.8 Å². The summed E-state index contributed by atoms with van der Waals surface area (Å²) in [6, 6.07) is 23.9. The monoisotopic (exact) mass is 502 g/mol. The molecule has 0 atom stereocenters. The van der Waals surface area contributed by atoms with Crippen molar-refractivity contribution in [1.82, 2.24) is 25.0 Å². The molecule has 0 saturated carbocycles. The number of carbonyl (C=O) groups excluding carboxylic acids is 1. The lowest BCUT2D eigenvalue weighted by Crippen LogP contribution is -2.14. The summed E-state index contributed by atoms with van der Waals surface area (Å²) in [5.41, 5.74) is 0.897. The van der Waals surface area contributed by atoms with Crippen LogP contribution in [0.25, 0.3) is 16.5 Å². The number of para-hydroxylation sites is 1. The predicted molar refractivity (Wildman–Crippen MR) is 138 cm³/mol. The molecule has 0 bridgehead atoms. The summed E-state index contributed by atoms with van der Waals surface area (Å²) >= 11 is 2.68. The van der Waals surface area contributed by atoms with Gasteiger partial charge in [-0.2, -0.15) is 0 Å². The number of aromatic nitrogens is 5. The molecule has 2 aromatic heterocycles. The summed E-state index contributed by atoms with van der Waals surface area (Å²) in [5.74, 6) is 1.38. The minimum atomic E-state index is -0.176. The van der Waals surface area contributed by atoms with Gasteiger partial charge in [0.25, 0.3) is 0 Å². The molecule has 0 aliphatic carbocycles. The van der Waals surface area contributed by atoms with Gasteiger partial charge in [0.15, 0.2) is 11.0 Å². The normalized spacial score (nSPS) is 11.0. The van der Waals surface area contributed by atoms with Crippen LogP contribution < -0.4 is 10.1 Å². The van der Waals surface area contributed by atoms with Gasteiger partial charge in [-0.1, -0.05) is 78.6 Å². The second-order valence-corrected chi connectivity index (χ2v) is 9.56. The zero-order valence-corrected chi connectivity index (χ0v) is 20.6. The van der Waals surface area contributed by atoms with E-state index in [0.29, 0.717) is 16.1 Å². The Kier molecular flexibility index (Phi) is 7.01. The van der Waals surface area contributed by atoms with E-state index in [1.807, 2.05) is 72.2 Å². The molecule has 5 rings (SSSR count). The van der Waals surface area contributed by atoms with Crippen LogP contribution in [-0.2, 0) is 17.8 Å². The third-order valence-corrected chi connectivity index (χ3v) is 7.06. The Bertz CT molecular complexity index is 1450. The van der Waals surface area contributed by atoms with E-state index in [9.17, 15) is 4.79 Å². The number of ether oxygens (including phenoxy) is 1. The number of thioether (sulfide) groups is 1. The Morgan fingerprint density at radius 2 is 1.77 bits per heavy atom. The van der Waals surface area contributed by atoms with E-state index in [1.165, 1.54) is 23.1 Å². The van der Waals surface area contributed by atoms with E-state index in [0.717, 1.165) is 33.6 Å². The lowest BCUT2D eigenvalue weighted by molar-refractivity contribution is -0.113. The van der Waals surface area contributed by atoms with Crippen molar-refractivity contribution < 1.29 is 9.53 Å². The molecular weight excluding hydrogens is 480 g/mol. The van der Waals surface area contributed by atoms with Gasteiger partial charge in [-0.15, -0.1) is 20.4 Å². The average Bonchev–Trinajstić information content (AvgIpc) is 3.53. The van der Waals surface area contributed by atoms with Crippen molar-refractivity contribution in [1.29, 1.82) is 0 Å². The van der Waals surface area contributed by atoms with Crippen molar-refractivity contribution in [3.63, 3.8) is 0 Å². The molecule has 5 aromatic rings. The third-order valence-electron chi connectivity index (χ3n) is 5.15. The molecule has 10 heteroatoms. The van der Waals surface area contributed by atoms with Crippen LogP contribution in [0.15, 0.2) is 78.0 Å². The fourth-order valence-corrected chi connectivity index (χ4v) is 4.93. The van der Waals surface area contributed by atoms with Crippen LogP contribution in [0, 0.1) is 0 Å². The van der Waals surface area contributed by atoms with Crippen LogP contribution in [0.5, 0.6) is 5.75 Å². The molecule has 0 unspecified atom stereocenters. The second-order valence-electron chi connectivity index (χ2n) is 7.56. The summed E-state index contributed by atoms with van der Waals surface area (Å²) in [5, 5.41) is 23.8. The first kappa shape index (κ1) is 23.0. The first-order valence-electron chi connectivity index (χ1n) is 11.1. The summed E-state index contributed by atoms with van der Waals surface area (Å²) in [7, 11) is 0. The SMILES string of the molecule is CCc1nnc(NC(=O)CSc2nnc(COc3ccc4ccccc4c3)n2-c2ccccc2)s1. The van der Waals surface area contributed by atoms with Gasteiger partial charge in [0, 0.05) is 5.69 Å². The van der Waals surface area contributed by atoms with Gasteiger partial charge in [0.05, 0.1) is 5.75 Å². The largest absolute Gasteiger partial charge is 0.486 e. The van der Waals surface area contributed by atoms with Gasteiger partial charge in [-0.05, 0) is 41.5 Å². The summed E-state index contributed by atoms with van der Waals surface area (Å²) in [4.78, 5) is 12.5. The summed E-state index contributed by atoms with van der Waals surface area (Å²) < 4.78 is 7.98. The van der Waals surface area contributed by atoms with Gasteiger partial charge in [0.2, 0.25) is 11.0 Å². The molecule has 176 valence electrons. The van der Waals surface area contributed by atoms with Crippen molar-refractivity contribution in [2.45, 2.75) is 25.1 Å². The molecule has 0 aliphatic heterocycles. The van der Waals surface area contributed by atoms with Gasteiger partial charge >= 0.3 is 0 Å². The van der Waals surface area contributed by atoms with E-state index in [-0.39, 0.29) is 18.3 Å². The number of rotatable bonds is 9. The highest BCUT2D eigenvalue weighted by Crippen LogP contribution is 2.25. The molecule has 0 spiro atoms. The Hall–Kier alpha value is -3.76. The minimum absolute atomic E-state index is 0.164. The fourth-order valence-electron chi connectivity index (χ4n) is 3.46. The number of carbonyl (C=O) groups is 1. The smallest absolute Gasteiger partial charge is 0.236 e. The molecule has 0 radical (unpaired) electrons. The molecule has 1 N–H and O–H groups in total. The highest BCUT2D eigenvalue weighted by molar-refractivity contribution is 7.99. The topological polar surface area (TPSA) is 94.8 Å². The van der Waals surface area contributed by atoms with E-state index in [4.69, 9.17) is 4.74 Å². The lowest BCUT2D eigenvalue weighted by Gasteiger charge is -2.11. The van der Waals surface area contributed by atoms with Gasteiger partial charge in [-0.25, -0.2) is 0 Å². The number of benzene rings is 3. The number of anilines is 1. The molecular formula is C25H22N6O2S2. The maximum absolute atomic E-state index is 12.5. The highest BCUT2D eigenvalue weighted by atomic mass is 32.2. The van der Waals surface area contributed by atoms with E-state index in [1.54, 1.807) is 0 Å². The third kappa shape index (κ3) is 5.50. The molecule has 3 aromatic carbocycles. The van der Waals surface area contributed by atoms with Crippen LogP contribution in [0.3, 0.4) is 0 Å². The number of aryl methyl sites for hydroxylation is 1. The second kappa shape index (κ2) is 10.7. The van der Waals surface area contributed by atoms with Crippen molar-refractivity contribution in [2.75, 3.05) is 11.1 Å². The number of hydrogen-bond acceptors (Lipinski definition) is 8. The van der Waals surface area contributed by atoms with Crippen molar-refractivity contribution in [2.24, 2.45) is 0 Å². The standard InChI is InChI=1S/C25H22N6O2S2/c1-2-23-28-29-24(35-23)26-22(32)16-34-25-30-27-21(31(25)19-10-4-3-5-11-19)15-33-20-13-12-17-8-6-7-9-18(17)14-20/h3-14H,2,15-16H2,1H3,(H,26,29,32). The number of fused-ring (bicyclic) bond motifs is 1. The Balaban J connectivity index is 1.31. The Labute approximate surface area is 210 Å². The van der Waals surface area contributed by atoms with Crippen LogP contribution >= 0.6 is 23.1 Å². The zero-order valence-electron chi connectivity index (χ0n) is 18.9. The van der Waals surface area contributed by atoms with Gasteiger partial charge < -0.3 is 4.74 Å². The number of nitrogens with zero attached hydrogens (tertiary/aromatic N) is 5. The Morgan fingerprint density at radius 3 is 2.57 bits per heavy atom. The van der Waals surface area contributed by atoms with Crippen LogP contribution in [0.2, 0.25) is 0 Å². The predicted octanol–water partition coefficient (Wildman–Crippen LogP) is 5.14. The molecule has 35 heavy (non-hydrogen) atoms. The number of nitrogens with one attached hydrogen (secondary N) is 1. The molecule has 2 heterocycles. The summed E-state index contributed by atoms with van der Waals surface area (Å²) in [6.07, 6.45) is 0.784. The fraction of sp³-hybridized carbons (Fsp3) is 0.160. The molecule has 0 saturated heterocycles. The lowest BCUT2D eigenvalue weighted by atomic mass is 10.1. The van der Waals surface area contributed by atoms with Crippen molar-refractivity contribution in [3.8, 4) is 11.4 Å². The minimum Gasteiger partial charge on any atom is -0.486 e. The molecule has 8 nitrogen and oxygen atoms in total. The highest BCUT2D eigenvalue weighted by Gasteiger charge is 2.17. The van der Waals surface area contributed by atoms with Gasteiger partial charge in [0.1, 0.15) is 17.4 Å². The molecule has 1 amide bonds. The quantitative estimate of drug-likeness (QED) is 0.279. The van der Waals surface area contributed by atoms with Crippen molar-refractivity contribution in [3.05, 3.63) is 83.6 Å². The van der Waals surface area contributed by atoms with Crippen LogP contribution in [-0.4, -0.2) is 36.6 Å². The maximum Gasteiger partial charge on any atom is 0.236 e. The van der Waals surface area contributed by atoms with Crippen LogP contribution in [0.1, 0.15) is 17.8 Å². The molecule has 0 fully saturated rings. The van der Waals surface area contributed by atoms with Crippen LogP contribution in [0.4, 0.5) is 5.13 Å². The Morgan fingerprint density at radius 1 is 0.971 bits per heavy atom. The van der Waals surface area contributed by atoms with Gasteiger partial charge in [-0.3, -0.25) is 14.7 Å². The summed E-state index contributed by atoms with van der Waals surface area (Å²) in [6.45, 7) is 2.23. The first-order chi connectivity index (χ1) is 17.2. The number of amides is 1. The number of hydrogen-bond donors (Lipinski definition) is 1. The molecule has 0 aliphatic rings.